The maximum atomic E-state index is 2.53. The van der Waals surface area contributed by atoms with E-state index in [0.29, 0.717) is 8.45 Å². The molecule has 2 unspecified atom stereocenters. The molecule has 0 spiro atoms. The maximum absolute atomic E-state index is 2.53. The fourth-order valence-corrected chi connectivity index (χ4v) is 17.4. The molecule has 0 N–H and O–H groups in total. The Kier molecular flexibility index (Phi) is 5.66. The average molecular weight is 505 g/mol. The van der Waals surface area contributed by atoms with Gasteiger partial charge in [0.25, 0.3) is 0 Å². The first-order chi connectivity index (χ1) is 15.2. The molecule has 0 bridgehead atoms. The summed E-state index contributed by atoms with van der Waals surface area (Å²) in [6.45, 7) is 4.83. The van der Waals surface area contributed by atoms with Gasteiger partial charge in [0.1, 0.15) is 0 Å². The predicted octanol–water partition coefficient (Wildman–Crippen LogP) is 2.62. The van der Waals surface area contributed by atoms with Gasteiger partial charge in [0.15, 0.2) is 0 Å². The number of benzene rings is 4. The van der Waals surface area contributed by atoms with E-state index in [2.05, 4.69) is 98.8 Å². The number of fused-ring (bicyclic) bond motifs is 6. The van der Waals surface area contributed by atoms with Crippen LogP contribution in [0.4, 0.5) is 0 Å². The molecular formula is C30H26Cl2Ti. The van der Waals surface area contributed by atoms with Gasteiger partial charge in [-0.05, 0) is 0 Å². The normalized spacial score (nSPS) is 20.5. The molecule has 1 saturated heterocycles. The minimum absolute atomic E-state index is 0. The third-order valence-electron chi connectivity index (χ3n) is 8.26. The topological polar surface area (TPSA) is 0 Å². The van der Waals surface area contributed by atoms with Crippen LogP contribution in [0.25, 0.3) is 33.7 Å². The van der Waals surface area contributed by atoms with Crippen LogP contribution >= 0.6 is 0 Å². The van der Waals surface area contributed by atoms with Crippen molar-refractivity contribution >= 4 is 33.7 Å². The molecule has 0 amide bonds. The quantitative estimate of drug-likeness (QED) is 0.368. The molecule has 7 rings (SSSR count). The van der Waals surface area contributed by atoms with Gasteiger partial charge in [0.05, 0.1) is 0 Å². The van der Waals surface area contributed by atoms with E-state index in [1.54, 1.807) is 22.3 Å². The van der Waals surface area contributed by atoms with Gasteiger partial charge in [0.2, 0.25) is 0 Å². The molecule has 4 aromatic rings. The molecule has 0 aromatic heterocycles. The zero-order valence-electron chi connectivity index (χ0n) is 18.9. The van der Waals surface area contributed by atoms with E-state index >= 15 is 0 Å². The fraction of sp³-hybridized carbons (Fsp3) is 0.200. The van der Waals surface area contributed by atoms with Crippen LogP contribution in [0.15, 0.2) is 83.9 Å². The number of allylic oxidation sites excluding steroid dienone is 2. The van der Waals surface area contributed by atoms with Crippen molar-refractivity contribution < 1.29 is 41.4 Å². The van der Waals surface area contributed by atoms with Gasteiger partial charge in [-0.15, -0.1) is 0 Å². The van der Waals surface area contributed by atoms with E-state index in [4.69, 9.17) is 0 Å². The molecule has 3 heteroatoms. The van der Waals surface area contributed by atoms with Crippen LogP contribution in [-0.4, -0.2) is 0 Å². The number of halogens is 2. The number of rotatable bonds is 2. The average Bonchev–Trinajstić information content (AvgIpc) is 3.37. The van der Waals surface area contributed by atoms with Gasteiger partial charge in [-0.2, -0.15) is 0 Å². The molecule has 164 valence electrons. The Balaban J connectivity index is 0.00000114. The molecule has 0 radical (unpaired) electrons. The third-order valence-corrected chi connectivity index (χ3v) is 16.8. The van der Waals surface area contributed by atoms with Crippen LogP contribution in [0.3, 0.4) is 0 Å². The Morgan fingerprint density at radius 1 is 0.576 bits per heavy atom. The summed E-state index contributed by atoms with van der Waals surface area (Å²) in [6, 6.07) is 27.5. The first-order valence-electron chi connectivity index (χ1n) is 11.6. The zero-order chi connectivity index (χ0) is 20.7. The molecule has 2 aliphatic carbocycles. The molecule has 33 heavy (non-hydrogen) atoms. The largest absolute Gasteiger partial charge is 1.00 e. The van der Waals surface area contributed by atoms with Crippen LogP contribution in [0.5, 0.6) is 0 Å². The monoisotopic (exact) mass is 504 g/mol. The summed E-state index contributed by atoms with van der Waals surface area (Å²) in [5, 5.41) is 5.62. The van der Waals surface area contributed by atoms with E-state index < -0.39 is 16.6 Å². The first-order valence-corrected chi connectivity index (χ1v) is 15.6. The molecule has 0 nitrogen and oxygen atoms in total. The molecule has 4 aromatic carbocycles. The van der Waals surface area contributed by atoms with Crippen molar-refractivity contribution in [3.8, 4) is 0 Å². The summed E-state index contributed by atoms with van der Waals surface area (Å²) in [6.07, 6.45) is 5.06. The first kappa shape index (κ1) is 22.9. The number of hydrogen-bond acceptors (Lipinski definition) is 0. The summed E-state index contributed by atoms with van der Waals surface area (Å²) in [5.74, 6) is 0. The van der Waals surface area contributed by atoms with E-state index in [1.165, 1.54) is 42.1 Å². The summed E-state index contributed by atoms with van der Waals surface area (Å²) in [7, 11) is 0. The molecule has 2 atom stereocenters. The third kappa shape index (κ3) is 3.15. The van der Waals surface area contributed by atoms with Gasteiger partial charge in [0, 0.05) is 0 Å². The van der Waals surface area contributed by atoms with Crippen LogP contribution in [-0.2, 0) is 16.6 Å². The fourth-order valence-electron chi connectivity index (χ4n) is 6.98. The summed E-state index contributed by atoms with van der Waals surface area (Å²) >= 11 is -2.17. The molecule has 1 fully saturated rings. The van der Waals surface area contributed by atoms with Crippen molar-refractivity contribution in [3.63, 3.8) is 0 Å². The zero-order valence-corrected chi connectivity index (χ0v) is 22.0. The SMILES string of the molecule is CC1=Cc2c(ccc3ccccc23)[CH]1[Ti+2]1([CH]2C(C)=Cc3c2ccc2ccccc32)[CH2][CH2]1.[Cl-].[Cl-]. The van der Waals surface area contributed by atoms with E-state index in [9.17, 15) is 0 Å². The van der Waals surface area contributed by atoms with Crippen molar-refractivity contribution in [2.75, 3.05) is 0 Å². The van der Waals surface area contributed by atoms with Crippen molar-refractivity contribution in [3.05, 3.63) is 106 Å². The number of hydrogen-bond donors (Lipinski definition) is 0. The van der Waals surface area contributed by atoms with Crippen LogP contribution in [0, 0.1) is 0 Å². The van der Waals surface area contributed by atoms with Crippen molar-refractivity contribution in [2.24, 2.45) is 0 Å². The van der Waals surface area contributed by atoms with Gasteiger partial charge in [-0.3, -0.25) is 0 Å². The molecular weight excluding hydrogens is 479 g/mol. The van der Waals surface area contributed by atoms with Crippen molar-refractivity contribution in [1.29, 1.82) is 0 Å². The maximum Gasteiger partial charge on any atom is -1.00 e. The standard InChI is InChI=1S/2C14H11.C2H4.2ClH.Ti/c2*1-10-8-12-7-6-11-4-2-3-5-13(11)14(12)9-10;1-2;;;/h2*2-9H,1H3;1-2H2;2*1H;/q;;;;;+2/p-2. The van der Waals surface area contributed by atoms with E-state index in [1.807, 2.05) is 0 Å². The Bertz CT molecular complexity index is 1370. The van der Waals surface area contributed by atoms with Crippen LogP contribution in [0.2, 0.25) is 9.45 Å². The minimum Gasteiger partial charge on any atom is -1.00 e. The second kappa shape index (κ2) is 8.14. The van der Waals surface area contributed by atoms with Gasteiger partial charge in [-0.25, -0.2) is 0 Å². The van der Waals surface area contributed by atoms with Gasteiger partial charge < -0.3 is 24.8 Å². The molecule has 0 saturated carbocycles. The molecule has 1 heterocycles. The van der Waals surface area contributed by atoms with Gasteiger partial charge >= 0.3 is 188 Å². The predicted molar refractivity (Wildman–Crippen MR) is 130 cm³/mol. The Morgan fingerprint density at radius 2 is 1.00 bits per heavy atom. The molecule has 3 aliphatic rings. The second-order valence-electron chi connectivity index (χ2n) is 9.96. The smallest absolute Gasteiger partial charge is 1.00 e. The Morgan fingerprint density at radius 3 is 1.42 bits per heavy atom. The second-order valence-corrected chi connectivity index (χ2v) is 17.2. The molecule has 1 aliphatic heterocycles. The Labute approximate surface area is 212 Å². The minimum atomic E-state index is -2.17. The van der Waals surface area contributed by atoms with Crippen LogP contribution in [0.1, 0.15) is 44.5 Å². The Hall–Kier alpha value is -1.83. The summed E-state index contributed by atoms with van der Waals surface area (Å²) in [4.78, 5) is 0. The van der Waals surface area contributed by atoms with Gasteiger partial charge in [-0.1, -0.05) is 0 Å². The van der Waals surface area contributed by atoms with E-state index in [-0.39, 0.29) is 24.8 Å². The van der Waals surface area contributed by atoms with Crippen LogP contribution < -0.4 is 24.8 Å². The van der Waals surface area contributed by atoms with Crippen molar-refractivity contribution in [1.82, 2.24) is 0 Å². The van der Waals surface area contributed by atoms with Crippen molar-refractivity contribution in [2.45, 2.75) is 31.7 Å². The summed E-state index contributed by atoms with van der Waals surface area (Å²) in [5.41, 5.74) is 9.55. The van der Waals surface area contributed by atoms with E-state index in [0.717, 1.165) is 0 Å². The summed E-state index contributed by atoms with van der Waals surface area (Å²) < 4.78 is 4.44.